The Bertz CT molecular complexity index is 812. The predicted octanol–water partition coefficient (Wildman–Crippen LogP) is 1.25. The van der Waals surface area contributed by atoms with E-state index in [1.165, 1.54) is 6.07 Å². The molecule has 3 heterocycles. The number of aryl methyl sites for hydroxylation is 1. The molecule has 0 atom stereocenters. The molecule has 1 N–H and O–H groups in total. The van der Waals surface area contributed by atoms with Gasteiger partial charge in [0, 0.05) is 11.8 Å². The van der Waals surface area contributed by atoms with Crippen LogP contribution in [0, 0.1) is 0 Å². The van der Waals surface area contributed by atoms with Crippen molar-refractivity contribution in [3.05, 3.63) is 52.4 Å². The van der Waals surface area contributed by atoms with E-state index in [9.17, 15) is 4.79 Å². The zero-order chi connectivity index (χ0) is 14.7. The average molecular weight is 280 g/mol. The minimum Gasteiger partial charge on any atom is -0.319 e. The van der Waals surface area contributed by atoms with Gasteiger partial charge < -0.3 is 4.98 Å². The molecule has 0 amide bonds. The SMILES string of the molecule is CCc1cccc(-c2nnc(-c3cccc(=O)[nH]3)nn2)n1. The van der Waals surface area contributed by atoms with E-state index in [4.69, 9.17) is 0 Å². The highest BCUT2D eigenvalue weighted by atomic mass is 16.1. The fourth-order valence-electron chi connectivity index (χ4n) is 1.82. The van der Waals surface area contributed by atoms with Crippen molar-refractivity contribution in [3.63, 3.8) is 0 Å². The maximum atomic E-state index is 11.3. The van der Waals surface area contributed by atoms with Gasteiger partial charge in [0.2, 0.25) is 17.2 Å². The van der Waals surface area contributed by atoms with E-state index in [-0.39, 0.29) is 11.4 Å². The zero-order valence-corrected chi connectivity index (χ0v) is 11.3. The molecule has 0 saturated heterocycles. The average Bonchev–Trinajstić information content (AvgIpc) is 2.55. The van der Waals surface area contributed by atoms with E-state index in [1.807, 2.05) is 25.1 Å². The zero-order valence-electron chi connectivity index (χ0n) is 11.3. The number of nitrogens with zero attached hydrogens (tertiary/aromatic N) is 5. The highest BCUT2D eigenvalue weighted by Crippen LogP contribution is 2.12. The first-order chi connectivity index (χ1) is 10.3. The van der Waals surface area contributed by atoms with Gasteiger partial charge in [-0.15, -0.1) is 20.4 Å². The molecule has 0 bridgehead atoms. The molecule has 7 nitrogen and oxygen atoms in total. The first kappa shape index (κ1) is 13.0. The summed E-state index contributed by atoms with van der Waals surface area (Å²) in [5, 5.41) is 16.0. The smallest absolute Gasteiger partial charge is 0.248 e. The molecule has 0 saturated carbocycles. The van der Waals surface area contributed by atoms with Gasteiger partial charge in [-0.05, 0) is 24.6 Å². The standard InChI is InChI=1S/C14H12N6O/c1-2-9-5-3-6-10(15-9)13-17-19-14(20-18-13)11-7-4-8-12(21)16-11/h3-8H,2H2,1H3,(H,16,21). The normalized spacial score (nSPS) is 10.5. The predicted molar refractivity (Wildman–Crippen MR) is 76.3 cm³/mol. The highest BCUT2D eigenvalue weighted by molar-refractivity contribution is 5.50. The number of aromatic nitrogens is 6. The van der Waals surface area contributed by atoms with Crippen LogP contribution < -0.4 is 5.56 Å². The van der Waals surface area contributed by atoms with Gasteiger partial charge in [-0.25, -0.2) is 4.98 Å². The number of hydrogen-bond donors (Lipinski definition) is 1. The number of hydrogen-bond acceptors (Lipinski definition) is 6. The third kappa shape index (κ3) is 2.81. The van der Waals surface area contributed by atoms with Gasteiger partial charge in [-0.1, -0.05) is 19.1 Å². The number of aromatic amines is 1. The molecule has 3 aromatic rings. The van der Waals surface area contributed by atoms with Crippen LogP contribution in [0.1, 0.15) is 12.6 Å². The van der Waals surface area contributed by atoms with Crippen LogP contribution in [0.3, 0.4) is 0 Å². The number of H-pyrrole nitrogens is 1. The summed E-state index contributed by atoms with van der Waals surface area (Å²) in [5.41, 5.74) is 1.83. The van der Waals surface area contributed by atoms with Crippen LogP contribution in [0.15, 0.2) is 41.2 Å². The van der Waals surface area contributed by atoms with Crippen LogP contribution in [0.2, 0.25) is 0 Å². The van der Waals surface area contributed by atoms with Gasteiger partial charge in [0.1, 0.15) is 5.69 Å². The molecule has 104 valence electrons. The molecule has 0 aliphatic carbocycles. The maximum Gasteiger partial charge on any atom is 0.248 e. The summed E-state index contributed by atoms with van der Waals surface area (Å²) in [6.07, 6.45) is 0.831. The lowest BCUT2D eigenvalue weighted by Crippen LogP contribution is -2.07. The summed E-state index contributed by atoms with van der Waals surface area (Å²) < 4.78 is 0. The largest absolute Gasteiger partial charge is 0.319 e. The van der Waals surface area contributed by atoms with E-state index in [0.717, 1.165) is 12.1 Å². The first-order valence-corrected chi connectivity index (χ1v) is 6.49. The second kappa shape index (κ2) is 5.58. The molecule has 0 radical (unpaired) electrons. The van der Waals surface area contributed by atoms with Gasteiger partial charge in [0.15, 0.2) is 0 Å². The minimum absolute atomic E-state index is 0.225. The molecule has 0 aliphatic rings. The second-order valence-corrected chi connectivity index (χ2v) is 4.34. The van der Waals surface area contributed by atoms with Gasteiger partial charge in [-0.3, -0.25) is 4.79 Å². The monoisotopic (exact) mass is 280 g/mol. The fourth-order valence-corrected chi connectivity index (χ4v) is 1.82. The Hall–Kier alpha value is -2.96. The van der Waals surface area contributed by atoms with Crippen LogP contribution in [0.4, 0.5) is 0 Å². The Morgan fingerprint density at radius 2 is 1.67 bits per heavy atom. The van der Waals surface area contributed by atoms with Crippen LogP contribution in [-0.2, 0) is 6.42 Å². The summed E-state index contributed by atoms with van der Waals surface area (Å²) in [5.74, 6) is 0.621. The van der Waals surface area contributed by atoms with E-state index < -0.39 is 0 Å². The van der Waals surface area contributed by atoms with Gasteiger partial charge in [-0.2, -0.15) is 0 Å². The number of rotatable bonds is 3. The van der Waals surface area contributed by atoms with E-state index >= 15 is 0 Å². The molecule has 7 heteroatoms. The van der Waals surface area contributed by atoms with Gasteiger partial charge in [0.05, 0.1) is 5.69 Å². The van der Waals surface area contributed by atoms with Crippen LogP contribution in [-0.4, -0.2) is 30.4 Å². The summed E-state index contributed by atoms with van der Waals surface area (Å²) >= 11 is 0. The second-order valence-electron chi connectivity index (χ2n) is 4.34. The van der Waals surface area contributed by atoms with Crippen LogP contribution in [0.25, 0.3) is 23.0 Å². The van der Waals surface area contributed by atoms with Crippen LogP contribution in [0.5, 0.6) is 0 Å². The first-order valence-electron chi connectivity index (χ1n) is 6.49. The Morgan fingerprint density at radius 1 is 0.952 bits per heavy atom. The van der Waals surface area contributed by atoms with Crippen molar-refractivity contribution < 1.29 is 0 Å². The molecule has 0 spiro atoms. The van der Waals surface area contributed by atoms with Crippen molar-refractivity contribution in [2.45, 2.75) is 13.3 Å². The third-order valence-corrected chi connectivity index (χ3v) is 2.89. The van der Waals surface area contributed by atoms with Gasteiger partial charge in [0.25, 0.3) is 0 Å². The van der Waals surface area contributed by atoms with Crippen molar-refractivity contribution in [3.8, 4) is 23.0 Å². The van der Waals surface area contributed by atoms with E-state index in [0.29, 0.717) is 17.2 Å². The molecular formula is C14H12N6O. The highest BCUT2D eigenvalue weighted by Gasteiger charge is 2.08. The summed E-state index contributed by atoms with van der Waals surface area (Å²) in [4.78, 5) is 18.3. The molecule has 0 unspecified atom stereocenters. The molecule has 3 aromatic heterocycles. The Kier molecular flexibility index (Phi) is 3.46. The summed E-state index contributed by atoms with van der Waals surface area (Å²) in [7, 11) is 0. The third-order valence-electron chi connectivity index (χ3n) is 2.89. The lowest BCUT2D eigenvalue weighted by molar-refractivity contribution is 0.861. The lowest BCUT2D eigenvalue weighted by atomic mass is 10.2. The van der Waals surface area contributed by atoms with Gasteiger partial charge >= 0.3 is 0 Å². The fraction of sp³-hybridized carbons (Fsp3) is 0.143. The maximum absolute atomic E-state index is 11.3. The van der Waals surface area contributed by atoms with Crippen molar-refractivity contribution in [2.24, 2.45) is 0 Å². The Morgan fingerprint density at radius 3 is 2.38 bits per heavy atom. The van der Waals surface area contributed by atoms with Crippen molar-refractivity contribution in [1.29, 1.82) is 0 Å². The molecule has 21 heavy (non-hydrogen) atoms. The van der Waals surface area contributed by atoms with Crippen molar-refractivity contribution in [1.82, 2.24) is 30.4 Å². The topological polar surface area (TPSA) is 97.3 Å². The molecule has 0 fully saturated rings. The van der Waals surface area contributed by atoms with Crippen molar-refractivity contribution in [2.75, 3.05) is 0 Å². The molecular weight excluding hydrogens is 268 g/mol. The lowest BCUT2D eigenvalue weighted by Gasteiger charge is -2.01. The molecule has 0 aliphatic heterocycles. The Labute approximate surface area is 120 Å². The quantitative estimate of drug-likeness (QED) is 0.775. The number of nitrogens with one attached hydrogen (secondary N) is 1. The minimum atomic E-state index is -0.225. The van der Waals surface area contributed by atoms with E-state index in [2.05, 4.69) is 30.4 Å². The Balaban J connectivity index is 1.95. The molecule has 3 rings (SSSR count). The summed E-state index contributed by atoms with van der Waals surface area (Å²) in [6.45, 7) is 2.03. The molecule has 0 aromatic carbocycles. The summed E-state index contributed by atoms with van der Waals surface area (Å²) in [6, 6.07) is 10.4. The van der Waals surface area contributed by atoms with Crippen LogP contribution >= 0.6 is 0 Å². The van der Waals surface area contributed by atoms with Crippen molar-refractivity contribution >= 4 is 0 Å². The number of pyridine rings is 2. The van der Waals surface area contributed by atoms with E-state index in [1.54, 1.807) is 12.1 Å².